The van der Waals surface area contributed by atoms with Crippen molar-refractivity contribution in [3.63, 3.8) is 0 Å². The van der Waals surface area contributed by atoms with Gasteiger partial charge >= 0.3 is 0 Å². The smallest absolute Gasteiger partial charge is 0.191 e. The zero-order valence-electron chi connectivity index (χ0n) is 26.7. The van der Waals surface area contributed by atoms with E-state index in [1.807, 2.05) is 0 Å². The van der Waals surface area contributed by atoms with Crippen LogP contribution in [0, 0.1) is 34.5 Å². The number of hydrogen-bond acceptors (Lipinski definition) is 3. The fourth-order valence-corrected chi connectivity index (χ4v) is 10.7. The molecule has 3 nitrogen and oxygen atoms in total. The Bertz CT molecular complexity index is 823. The van der Waals surface area contributed by atoms with Crippen LogP contribution in [0.1, 0.15) is 107 Å². The van der Waals surface area contributed by atoms with E-state index in [1.165, 1.54) is 18.9 Å². The van der Waals surface area contributed by atoms with Crippen molar-refractivity contribution < 1.29 is 14.3 Å². The minimum absolute atomic E-state index is 0.105. The van der Waals surface area contributed by atoms with Crippen LogP contribution in [-0.4, -0.2) is 40.0 Å². The monoisotopic (exact) mass is 550 g/mol. The number of fused-ring (bicyclic) bond motifs is 1. The van der Waals surface area contributed by atoms with Crippen LogP contribution in [0.4, 0.5) is 0 Å². The fourth-order valence-electron chi connectivity index (χ4n) is 7.85. The first-order valence-electron chi connectivity index (χ1n) is 15.5. The molecule has 0 aromatic rings. The van der Waals surface area contributed by atoms with E-state index in [1.54, 1.807) is 0 Å². The minimum atomic E-state index is -1.86. The Morgan fingerprint density at radius 1 is 0.919 bits per heavy atom. The Balaban J connectivity index is 1.93. The van der Waals surface area contributed by atoms with Crippen LogP contribution in [0.15, 0.2) is 0 Å². The first kappa shape index (κ1) is 31.6. The minimum Gasteiger partial charge on any atom is -0.417 e. The number of carbonyl (C=O) groups is 1. The first-order chi connectivity index (χ1) is 16.7. The zero-order valence-corrected chi connectivity index (χ0v) is 28.7. The van der Waals surface area contributed by atoms with E-state index in [2.05, 4.69) is 81.6 Å². The summed E-state index contributed by atoms with van der Waals surface area (Å²) in [5.74, 6) is 2.72. The molecule has 3 fully saturated rings. The molecule has 0 aromatic heterocycles. The Hall–Kier alpha value is 0.0238. The summed E-state index contributed by atoms with van der Waals surface area (Å²) in [5.41, 5.74) is 0.0684. The van der Waals surface area contributed by atoms with Gasteiger partial charge in [-0.15, -0.1) is 0 Å². The molecule has 37 heavy (non-hydrogen) atoms. The fraction of sp³-hybridized carbons (Fsp3) is 0.969. The number of ketones is 1. The summed E-state index contributed by atoms with van der Waals surface area (Å²) in [7, 11) is -3.27. The maximum absolute atomic E-state index is 13.2. The Morgan fingerprint density at radius 3 is 2.11 bits per heavy atom. The summed E-state index contributed by atoms with van der Waals surface area (Å²) in [6.45, 7) is 29.8. The van der Waals surface area contributed by atoms with Crippen LogP contribution < -0.4 is 0 Å². The lowest BCUT2D eigenvalue weighted by molar-refractivity contribution is -0.135. The van der Waals surface area contributed by atoms with Crippen LogP contribution in [-0.2, 0) is 9.22 Å². The second kappa shape index (κ2) is 10.5. The third kappa shape index (κ3) is 6.05. The SMILES string of the molecule is CC(C)(C)[Si](C)(C)CC[C@H]1C2CCC(=O)[C@@]2(C)CCC1[C@@]1(C)CC[C@H](O)C[C@@H]1CO[Si](C)(C)C(C)(C)C. The Labute approximate surface area is 232 Å². The van der Waals surface area contributed by atoms with Crippen LogP contribution in [0.3, 0.4) is 0 Å². The lowest BCUT2D eigenvalue weighted by Crippen LogP contribution is -2.53. The van der Waals surface area contributed by atoms with Gasteiger partial charge in [0.1, 0.15) is 5.78 Å². The molecule has 2 unspecified atom stereocenters. The molecule has 5 heteroatoms. The van der Waals surface area contributed by atoms with Crippen LogP contribution >= 0.6 is 0 Å². The standard InChI is InChI=1S/C32H62O3Si2/c1-29(2,3)36(9,10)20-17-25-26-13-14-28(34)32(26,8)19-16-27(25)31(7)18-15-24(33)21-23(31)22-35-37(11,12)30(4,5)6/h23-27,33H,13-22H2,1-12H3/t23-,24+,25+,26?,27?,31+,32+/m1/s1. The molecule has 1 N–H and O–H groups in total. The Morgan fingerprint density at radius 2 is 1.54 bits per heavy atom. The van der Waals surface area contributed by atoms with Gasteiger partial charge in [0, 0.05) is 18.4 Å². The van der Waals surface area contributed by atoms with Crippen LogP contribution in [0.2, 0.25) is 42.3 Å². The molecule has 0 aliphatic heterocycles. The Kier molecular flexibility index (Phi) is 8.91. The van der Waals surface area contributed by atoms with Crippen LogP contribution in [0.5, 0.6) is 0 Å². The predicted octanol–water partition coefficient (Wildman–Crippen LogP) is 9.09. The van der Waals surface area contributed by atoms with E-state index in [4.69, 9.17) is 4.43 Å². The third-order valence-corrected chi connectivity index (χ3v) is 23.2. The molecule has 3 aliphatic carbocycles. The van der Waals surface area contributed by atoms with Gasteiger partial charge in [0.2, 0.25) is 0 Å². The second-order valence-corrected chi connectivity index (χ2v) is 27.7. The molecule has 0 aromatic carbocycles. The number of aliphatic hydroxyl groups excluding tert-OH is 1. The van der Waals surface area contributed by atoms with Gasteiger partial charge in [-0.1, -0.05) is 80.9 Å². The van der Waals surface area contributed by atoms with Crippen molar-refractivity contribution in [3.05, 3.63) is 0 Å². The molecule has 3 aliphatic rings. The number of hydrogen-bond donors (Lipinski definition) is 1. The van der Waals surface area contributed by atoms with Gasteiger partial charge in [0.05, 0.1) is 14.2 Å². The maximum atomic E-state index is 13.2. The average Bonchev–Trinajstić information content (AvgIpc) is 3.06. The normalized spacial score (nSPS) is 38.1. The molecule has 7 atom stereocenters. The van der Waals surface area contributed by atoms with Crippen molar-refractivity contribution in [1.29, 1.82) is 0 Å². The van der Waals surface area contributed by atoms with Crippen molar-refractivity contribution in [3.8, 4) is 0 Å². The second-order valence-electron chi connectivity index (χ2n) is 17.2. The largest absolute Gasteiger partial charge is 0.417 e. The van der Waals surface area contributed by atoms with Gasteiger partial charge in [0.25, 0.3) is 0 Å². The van der Waals surface area contributed by atoms with Crippen molar-refractivity contribution in [2.45, 2.75) is 155 Å². The molecular formula is C32H62O3Si2. The summed E-state index contributed by atoms with van der Waals surface area (Å²) in [4.78, 5) is 13.2. The van der Waals surface area contributed by atoms with Crippen LogP contribution in [0.25, 0.3) is 0 Å². The van der Waals surface area contributed by atoms with E-state index in [0.29, 0.717) is 34.5 Å². The van der Waals surface area contributed by atoms with Gasteiger partial charge in [-0.2, -0.15) is 0 Å². The van der Waals surface area contributed by atoms with E-state index in [9.17, 15) is 9.90 Å². The lowest BCUT2D eigenvalue weighted by Gasteiger charge is -2.57. The van der Waals surface area contributed by atoms with Crippen molar-refractivity contribution in [1.82, 2.24) is 0 Å². The first-order valence-corrected chi connectivity index (χ1v) is 21.6. The molecular weight excluding hydrogens is 489 g/mol. The summed E-state index contributed by atoms with van der Waals surface area (Å²) in [5, 5.41) is 11.4. The molecule has 0 heterocycles. The van der Waals surface area contributed by atoms with E-state index in [-0.39, 0.29) is 22.0 Å². The lowest BCUT2D eigenvalue weighted by atomic mass is 9.49. The van der Waals surface area contributed by atoms with Gasteiger partial charge in [-0.3, -0.25) is 4.79 Å². The highest BCUT2D eigenvalue weighted by Crippen LogP contribution is 2.63. The molecule has 3 saturated carbocycles. The predicted molar refractivity (Wildman–Crippen MR) is 163 cm³/mol. The summed E-state index contributed by atoms with van der Waals surface area (Å²) >= 11 is 0. The van der Waals surface area contributed by atoms with Crippen molar-refractivity contribution in [2.75, 3.05) is 6.61 Å². The molecule has 0 amide bonds. The highest BCUT2D eigenvalue weighted by atomic mass is 28.4. The molecule has 216 valence electrons. The summed E-state index contributed by atoms with van der Waals surface area (Å²) in [6.07, 6.45) is 8.08. The molecule has 0 radical (unpaired) electrons. The summed E-state index contributed by atoms with van der Waals surface area (Å²) < 4.78 is 6.87. The molecule has 0 saturated heterocycles. The van der Waals surface area contributed by atoms with Gasteiger partial charge in [-0.05, 0) is 90.8 Å². The van der Waals surface area contributed by atoms with Gasteiger partial charge in [0.15, 0.2) is 8.32 Å². The number of Topliss-reactive ketones (excluding diaryl/α,β-unsaturated/α-hetero) is 1. The average molecular weight is 551 g/mol. The van der Waals surface area contributed by atoms with E-state index in [0.717, 1.165) is 45.1 Å². The van der Waals surface area contributed by atoms with E-state index >= 15 is 0 Å². The van der Waals surface area contributed by atoms with E-state index < -0.39 is 16.4 Å². The number of aliphatic hydroxyl groups is 1. The third-order valence-electron chi connectivity index (χ3n) is 13.1. The molecule has 0 bridgehead atoms. The molecule has 0 spiro atoms. The molecule has 3 rings (SSSR count). The number of carbonyl (C=O) groups excluding carboxylic acids is 1. The zero-order chi connectivity index (χ0) is 28.2. The van der Waals surface area contributed by atoms with Crippen molar-refractivity contribution >= 4 is 22.2 Å². The van der Waals surface area contributed by atoms with Crippen molar-refractivity contribution in [2.24, 2.45) is 34.5 Å². The highest BCUT2D eigenvalue weighted by Gasteiger charge is 2.58. The van der Waals surface area contributed by atoms with Gasteiger partial charge < -0.3 is 9.53 Å². The topological polar surface area (TPSA) is 46.5 Å². The summed E-state index contributed by atoms with van der Waals surface area (Å²) in [6, 6.07) is 1.35. The quantitative estimate of drug-likeness (QED) is 0.322. The van der Waals surface area contributed by atoms with Gasteiger partial charge in [-0.25, -0.2) is 0 Å². The number of rotatable bonds is 7. The highest BCUT2D eigenvalue weighted by molar-refractivity contribution is 6.80. The maximum Gasteiger partial charge on any atom is 0.191 e.